The monoisotopic (exact) mass is 189 g/mol. The molecule has 1 aromatic rings. The molecule has 1 rings (SSSR count). The molecule has 1 nitrogen and oxygen atoms in total. The average molecular weight is 189 g/mol. The van der Waals surface area contributed by atoms with Crippen LogP contribution in [0.25, 0.3) is 0 Å². The number of nitrogens with one attached hydrogen (secondary N) is 1. The highest BCUT2D eigenvalue weighted by atomic mass is 32.1. The predicted octanol–water partition coefficient (Wildman–Crippen LogP) is 2.31. The van der Waals surface area contributed by atoms with Crippen molar-refractivity contribution in [1.82, 2.24) is 0 Å². The van der Waals surface area contributed by atoms with E-state index in [0.29, 0.717) is 18.0 Å². The second-order valence-electron chi connectivity index (χ2n) is 2.27. The topological polar surface area (TPSA) is 12.0 Å². The quantitative estimate of drug-likeness (QED) is 0.695. The zero-order chi connectivity index (χ0) is 8.97. The van der Waals surface area contributed by atoms with Crippen molar-refractivity contribution in [1.29, 1.82) is 0 Å². The van der Waals surface area contributed by atoms with Crippen LogP contribution in [0.3, 0.4) is 0 Å². The maximum Gasteiger partial charge on any atom is 0.149 e. The largest absolute Gasteiger partial charge is 0.382 e. The van der Waals surface area contributed by atoms with E-state index in [1.807, 2.05) is 0 Å². The number of halogens is 2. The Balaban J connectivity index is 2.72. The minimum absolute atomic E-state index is 0.311. The van der Waals surface area contributed by atoms with Crippen molar-refractivity contribution in [2.24, 2.45) is 0 Å². The first-order chi connectivity index (χ1) is 5.74. The van der Waals surface area contributed by atoms with Crippen LogP contribution in [0.2, 0.25) is 0 Å². The first-order valence-electron chi connectivity index (χ1n) is 3.54. The van der Waals surface area contributed by atoms with Gasteiger partial charge in [-0.2, -0.15) is 12.6 Å². The van der Waals surface area contributed by atoms with E-state index in [2.05, 4.69) is 17.9 Å². The van der Waals surface area contributed by atoms with Gasteiger partial charge in [-0.1, -0.05) is 0 Å². The normalized spacial score (nSPS) is 9.92. The van der Waals surface area contributed by atoms with Gasteiger partial charge in [0, 0.05) is 18.4 Å². The minimum atomic E-state index is -0.572. The molecule has 0 aliphatic carbocycles. The van der Waals surface area contributed by atoms with Crippen molar-refractivity contribution in [3.8, 4) is 0 Å². The van der Waals surface area contributed by atoms with E-state index >= 15 is 0 Å². The predicted molar refractivity (Wildman–Crippen MR) is 48.7 cm³/mol. The van der Waals surface area contributed by atoms with Gasteiger partial charge in [0.05, 0.1) is 5.69 Å². The zero-order valence-corrected chi connectivity index (χ0v) is 7.24. The molecule has 66 valence electrons. The molecule has 0 fully saturated rings. The Labute approximate surface area is 75.2 Å². The summed E-state index contributed by atoms with van der Waals surface area (Å²) in [7, 11) is 0. The van der Waals surface area contributed by atoms with Crippen LogP contribution in [-0.4, -0.2) is 12.3 Å². The van der Waals surface area contributed by atoms with Crippen molar-refractivity contribution in [2.45, 2.75) is 0 Å². The lowest BCUT2D eigenvalue weighted by Gasteiger charge is -2.04. The summed E-state index contributed by atoms with van der Waals surface area (Å²) in [4.78, 5) is 0. The highest BCUT2D eigenvalue weighted by Crippen LogP contribution is 2.14. The van der Waals surface area contributed by atoms with Crippen LogP contribution in [-0.2, 0) is 0 Å². The summed E-state index contributed by atoms with van der Waals surface area (Å²) in [5.74, 6) is -0.530. The van der Waals surface area contributed by atoms with Crippen molar-refractivity contribution in [2.75, 3.05) is 17.6 Å². The first-order valence-corrected chi connectivity index (χ1v) is 4.17. The SMILES string of the molecule is Fc1ccc(NCCS)c(F)c1. The Morgan fingerprint density at radius 1 is 1.33 bits per heavy atom. The summed E-state index contributed by atoms with van der Waals surface area (Å²) in [6, 6.07) is 3.43. The molecule has 0 aromatic heterocycles. The Kier molecular flexibility index (Phi) is 3.34. The summed E-state index contributed by atoms with van der Waals surface area (Å²) < 4.78 is 25.2. The van der Waals surface area contributed by atoms with Crippen molar-refractivity contribution in [3.63, 3.8) is 0 Å². The smallest absolute Gasteiger partial charge is 0.149 e. The third-order valence-electron chi connectivity index (χ3n) is 1.36. The molecule has 12 heavy (non-hydrogen) atoms. The standard InChI is InChI=1S/C8H9F2NS/c9-6-1-2-8(7(10)5-6)11-3-4-12/h1-2,5,11-12H,3-4H2. The fourth-order valence-electron chi connectivity index (χ4n) is 0.823. The second-order valence-corrected chi connectivity index (χ2v) is 2.72. The van der Waals surface area contributed by atoms with Gasteiger partial charge >= 0.3 is 0 Å². The van der Waals surface area contributed by atoms with Gasteiger partial charge in [0.25, 0.3) is 0 Å². The average Bonchev–Trinajstić information content (AvgIpc) is 2.03. The molecule has 0 atom stereocenters. The lowest BCUT2D eigenvalue weighted by atomic mass is 10.3. The third kappa shape index (κ3) is 2.37. The maximum absolute atomic E-state index is 12.8. The fraction of sp³-hybridized carbons (Fsp3) is 0.250. The number of benzene rings is 1. The molecule has 0 unspecified atom stereocenters. The summed E-state index contributed by atoms with van der Waals surface area (Å²) in [6.07, 6.45) is 0. The summed E-state index contributed by atoms with van der Waals surface area (Å²) >= 11 is 3.95. The molecule has 1 aromatic carbocycles. The molecule has 0 amide bonds. The van der Waals surface area contributed by atoms with Gasteiger partial charge in [0.1, 0.15) is 11.6 Å². The molecular formula is C8H9F2NS. The minimum Gasteiger partial charge on any atom is -0.382 e. The van der Waals surface area contributed by atoms with Crippen LogP contribution in [0.4, 0.5) is 14.5 Å². The lowest BCUT2D eigenvalue weighted by molar-refractivity contribution is 0.585. The fourth-order valence-corrected chi connectivity index (χ4v) is 0.935. The molecule has 4 heteroatoms. The molecule has 0 spiro atoms. The highest BCUT2D eigenvalue weighted by molar-refractivity contribution is 7.80. The van der Waals surface area contributed by atoms with Gasteiger partial charge in [-0.15, -0.1) is 0 Å². The van der Waals surface area contributed by atoms with E-state index in [-0.39, 0.29) is 0 Å². The number of hydrogen-bond acceptors (Lipinski definition) is 2. The molecule has 0 radical (unpaired) electrons. The Morgan fingerprint density at radius 2 is 2.08 bits per heavy atom. The van der Waals surface area contributed by atoms with E-state index in [1.54, 1.807) is 0 Å². The Morgan fingerprint density at radius 3 is 2.67 bits per heavy atom. The molecule has 0 aliphatic heterocycles. The van der Waals surface area contributed by atoms with Gasteiger partial charge in [-0.05, 0) is 12.1 Å². The third-order valence-corrected chi connectivity index (χ3v) is 1.58. The summed E-state index contributed by atoms with van der Waals surface area (Å²) in [6.45, 7) is 0.561. The molecular weight excluding hydrogens is 180 g/mol. The van der Waals surface area contributed by atoms with Gasteiger partial charge in [0.15, 0.2) is 0 Å². The van der Waals surface area contributed by atoms with Gasteiger partial charge in [-0.25, -0.2) is 8.78 Å². The zero-order valence-electron chi connectivity index (χ0n) is 6.35. The maximum atomic E-state index is 12.8. The van der Waals surface area contributed by atoms with Crippen LogP contribution in [0.1, 0.15) is 0 Å². The molecule has 1 N–H and O–H groups in total. The van der Waals surface area contributed by atoms with Gasteiger partial charge < -0.3 is 5.32 Å². The van der Waals surface area contributed by atoms with Crippen molar-refractivity contribution in [3.05, 3.63) is 29.8 Å². The van der Waals surface area contributed by atoms with Crippen LogP contribution in [0.15, 0.2) is 18.2 Å². The molecule has 0 bridgehead atoms. The van der Waals surface area contributed by atoms with Crippen LogP contribution >= 0.6 is 12.6 Å². The number of rotatable bonds is 3. The van der Waals surface area contributed by atoms with E-state index in [4.69, 9.17) is 0 Å². The number of hydrogen-bond donors (Lipinski definition) is 2. The van der Waals surface area contributed by atoms with Gasteiger partial charge in [0.2, 0.25) is 0 Å². The van der Waals surface area contributed by atoms with Crippen LogP contribution < -0.4 is 5.32 Å². The number of anilines is 1. The molecule has 0 heterocycles. The number of thiol groups is 1. The summed E-state index contributed by atoms with van der Waals surface area (Å²) in [5, 5.41) is 2.77. The highest BCUT2D eigenvalue weighted by Gasteiger charge is 2.01. The molecule has 0 aliphatic rings. The van der Waals surface area contributed by atoms with Crippen LogP contribution in [0, 0.1) is 11.6 Å². The van der Waals surface area contributed by atoms with E-state index in [0.717, 1.165) is 6.07 Å². The van der Waals surface area contributed by atoms with E-state index in [1.165, 1.54) is 12.1 Å². The van der Waals surface area contributed by atoms with Crippen molar-refractivity contribution >= 4 is 18.3 Å². The van der Waals surface area contributed by atoms with Gasteiger partial charge in [-0.3, -0.25) is 0 Å². The van der Waals surface area contributed by atoms with E-state index < -0.39 is 11.6 Å². The molecule has 0 saturated heterocycles. The van der Waals surface area contributed by atoms with Crippen LogP contribution in [0.5, 0.6) is 0 Å². The Bertz CT molecular complexity index is 265. The van der Waals surface area contributed by atoms with E-state index in [9.17, 15) is 8.78 Å². The Hall–Kier alpha value is -0.770. The first kappa shape index (κ1) is 9.32. The molecule has 0 saturated carbocycles. The second kappa shape index (κ2) is 4.30. The summed E-state index contributed by atoms with van der Waals surface area (Å²) in [5.41, 5.74) is 0.311. The lowest BCUT2D eigenvalue weighted by Crippen LogP contribution is -2.04. The van der Waals surface area contributed by atoms with Crippen molar-refractivity contribution < 1.29 is 8.78 Å².